The summed E-state index contributed by atoms with van der Waals surface area (Å²) in [7, 11) is 1.66. The summed E-state index contributed by atoms with van der Waals surface area (Å²) in [6.45, 7) is 1.36. The normalized spacial score (nSPS) is 17.4. The summed E-state index contributed by atoms with van der Waals surface area (Å²) in [6.07, 6.45) is 3.71. The van der Waals surface area contributed by atoms with Crippen LogP contribution >= 0.6 is 0 Å². The summed E-state index contributed by atoms with van der Waals surface area (Å²) in [4.78, 5) is 0. The van der Waals surface area contributed by atoms with E-state index >= 15 is 0 Å². The van der Waals surface area contributed by atoms with Crippen molar-refractivity contribution in [1.82, 2.24) is 0 Å². The summed E-state index contributed by atoms with van der Waals surface area (Å²) in [5.41, 5.74) is 1.11. The number of rotatable bonds is 3. The highest BCUT2D eigenvalue weighted by Gasteiger charge is 2.11. The molecule has 15 heavy (non-hydrogen) atoms. The van der Waals surface area contributed by atoms with Crippen molar-refractivity contribution < 1.29 is 14.2 Å². The Balaban J connectivity index is 1.97. The van der Waals surface area contributed by atoms with Gasteiger partial charge in [0.15, 0.2) is 6.29 Å². The van der Waals surface area contributed by atoms with Gasteiger partial charge in [0.05, 0.1) is 20.3 Å². The van der Waals surface area contributed by atoms with Crippen LogP contribution in [0.3, 0.4) is 0 Å². The molecule has 0 atom stereocenters. The zero-order chi connectivity index (χ0) is 10.5. The Bertz CT molecular complexity index is 323. The van der Waals surface area contributed by atoms with Crippen LogP contribution in [0, 0.1) is 0 Å². The maximum absolute atomic E-state index is 5.29. The second-order valence-corrected chi connectivity index (χ2v) is 3.24. The van der Waals surface area contributed by atoms with Gasteiger partial charge in [-0.3, -0.25) is 0 Å². The fourth-order valence-electron chi connectivity index (χ4n) is 1.39. The molecule has 0 aliphatic carbocycles. The Labute approximate surface area is 89.3 Å². The van der Waals surface area contributed by atoms with Crippen LogP contribution in [0.1, 0.15) is 5.56 Å². The van der Waals surface area contributed by atoms with Gasteiger partial charge in [0.1, 0.15) is 5.75 Å². The summed E-state index contributed by atoms with van der Waals surface area (Å²) in [6, 6.07) is 7.83. The van der Waals surface area contributed by atoms with Crippen LogP contribution in [-0.4, -0.2) is 26.6 Å². The van der Waals surface area contributed by atoms with Gasteiger partial charge in [-0.15, -0.1) is 0 Å². The molecular formula is C12H14O3. The highest BCUT2D eigenvalue weighted by Crippen LogP contribution is 2.13. The number of methoxy groups -OCH3 is 1. The minimum atomic E-state index is -0.188. The van der Waals surface area contributed by atoms with E-state index in [0.717, 1.165) is 11.3 Å². The van der Waals surface area contributed by atoms with Gasteiger partial charge in [-0.1, -0.05) is 18.2 Å². The second kappa shape index (κ2) is 4.96. The Morgan fingerprint density at radius 2 is 1.87 bits per heavy atom. The predicted octanol–water partition coefficient (Wildman–Crippen LogP) is 2.08. The van der Waals surface area contributed by atoms with Gasteiger partial charge in [0.2, 0.25) is 0 Å². The smallest absolute Gasteiger partial charge is 0.177 e. The average Bonchev–Trinajstić information content (AvgIpc) is 2.80. The molecule has 0 unspecified atom stereocenters. The molecule has 0 radical (unpaired) electrons. The number of hydrogen-bond donors (Lipinski definition) is 0. The van der Waals surface area contributed by atoms with Crippen LogP contribution in [0.2, 0.25) is 0 Å². The van der Waals surface area contributed by atoms with E-state index in [2.05, 4.69) is 0 Å². The van der Waals surface area contributed by atoms with E-state index in [4.69, 9.17) is 14.2 Å². The van der Waals surface area contributed by atoms with Crippen molar-refractivity contribution in [3.8, 4) is 5.75 Å². The van der Waals surface area contributed by atoms with E-state index in [1.54, 1.807) is 7.11 Å². The van der Waals surface area contributed by atoms with Crippen molar-refractivity contribution in [2.75, 3.05) is 20.3 Å². The molecule has 1 aliphatic rings. The summed E-state index contributed by atoms with van der Waals surface area (Å²) >= 11 is 0. The SMILES string of the molecule is COc1ccc(C=CC2OCCO2)cc1. The zero-order valence-electron chi connectivity index (χ0n) is 8.68. The zero-order valence-corrected chi connectivity index (χ0v) is 8.68. The highest BCUT2D eigenvalue weighted by molar-refractivity contribution is 5.50. The molecule has 3 nitrogen and oxygen atoms in total. The number of hydrogen-bond acceptors (Lipinski definition) is 3. The summed E-state index contributed by atoms with van der Waals surface area (Å²) in [5.74, 6) is 0.862. The molecule has 1 aromatic rings. The van der Waals surface area contributed by atoms with E-state index in [1.807, 2.05) is 36.4 Å². The highest BCUT2D eigenvalue weighted by atomic mass is 16.7. The van der Waals surface area contributed by atoms with Crippen molar-refractivity contribution >= 4 is 6.08 Å². The fourth-order valence-corrected chi connectivity index (χ4v) is 1.39. The lowest BCUT2D eigenvalue weighted by Crippen LogP contribution is -2.01. The molecule has 0 N–H and O–H groups in total. The minimum Gasteiger partial charge on any atom is -0.497 e. The first-order valence-electron chi connectivity index (χ1n) is 4.94. The van der Waals surface area contributed by atoms with Crippen molar-refractivity contribution in [2.45, 2.75) is 6.29 Å². The first kappa shape index (κ1) is 10.2. The van der Waals surface area contributed by atoms with Gasteiger partial charge >= 0.3 is 0 Å². The lowest BCUT2D eigenvalue weighted by Gasteiger charge is -2.02. The van der Waals surface area contributed by atoms with E-state index in [-0.39, 0.29) is 6.29 Å². The lowest BCUT2D eigenvalue weighted by atomic mass is 10.2. The molecule has 1 saturated heterocycles. The monoisotopic (exact) mass is 206 g/mol. The molecule has 80 valence electrons. The lowest BCUT2D eigenvalue weighted by molar-refractivity contribution is -0.000907. The molecule has 0 aromatic heterocycles. The Hall–Kier alpha value is -1.32. The van der Waals surface area contributed by atoms with Crippen molar-refractivity contribution in [2.24, 2.45) is 0 Å². The van der Waals surface area contributed by atoms with Crippen LogP contribution in [0.5, 0.6) is 5.75 Å². The maximum Gasteiger partial charge on any atom is 0.177 e. The van der Waals surface area contributed by atoms with Gasteiger partial charge in [-0.05, 0) is 23.8 Å². The fraction of sp³-hybridized carbons (Fsp3) is 0.333. The van der Waals surface area contributed by atoms with Gasteiger partial charge < -0.3 is 14.2 Å². The van der Waals surface area contributed by atoms with Crippen LogP contribution in [0.4, 0.5) is 0 Å². The Kier molecular flexibility index (Phi) is 3.37. The number of benzene rings is 1. The first-order valence-corrected chi connectivity index (χ1v) is 4.94. The van der Waals surface area contributed by atoms with Crippen molar-refractivity contribution in [1.29, 1.82) is 0 Å². The molecule has 0 bridgehead atoms. The summed E-state index contributed by atoms with van der Waals surface area (Å²) < 4.78 is 15.6. The molecule has 3 heteroatoms. The molecule has 1 fully saturated rings. The maximum atomic E-state index is 5.29. The van der Waals surface area contributed by atoms with E-state index in [9.17, 15) is 0 Å². The molecule has 1 heterocycles. The second-order valence-electron chi connectivity index (χ2n) is 3.24. The molecular weight excluding hydrogens is 192 g/mol. The molecule has 1 aromatic carbocycles. The van der Waals surface area contributed by atoms with E-state index < -0.39 is 0 Å². The van der Waals surface area contributed by atoms with E-state index in [1.165, 1.54) is 0 Å². The minimum absolute atomic E-state index is 0.188. The van der Waals surface area contributed by atoms with Gasteiger partial charge in [0, 0.05) is 0 Å². The predicted molar refractivity (Wildman–Crippen MR) is 57.7 cm³/mol. The topological polar surface area (TPSA) is 27.7 Å². The molecule has 0 saturated carbocycles. The first-order chi connectivity index (χ1) is 7.38. The van der Waals surface area contributed by atoms with Gasteiger partial charge in [-0.25, -0.2) is 0 Å². The van der Waals surface area contributed by atoms with Crippen LogP contribution in [0.25, 0.3) is 6.08 Å². The third kappa shape index (κ3) is 2.81. The van der Waals surface area contributed by atoms with Crippen molar-refractivity contribution in [3.63, 3.8) is 0 Å². The van der Waals surface area contributed by atoms with Crippen LogP contribution in [0.15, 0.2) is 30.3 Å². The molecule has 2 rings (SSSR count). The third-order valence-corrected chi connectivity index (χ3v) is 2.21. The quantitative estimate of drug-likeness (QED) is 0.757. The molecule has 0 spiro atoms. The van der Waals surface area contributed by atoms with Gasteiger partial charge in [-0.2, -0.15) is 0 Å². The van der Waals surface area contributed by atoms with Crippen LogP contribution in [-0.2, 0) is 9.47 Å². The van der Waals surface area contributed by atoms with Crippen LogP contribution < -0.4 is 4.74 Å². The van der Waals surface area contributed by atoms with Gasteiger partial charge in [0.25, 0.3) is 0 Å². The molecule has 1 aliphatic heterocycles. The standard InChI is InChI=1S/C12H14O3/c1-13-11-5-2-10(3-6-11)4-7-12-14-8-9-15-12/h2-7,12H,8-9H2,1H3. The van der Waals surface area contributed by atoms with Crippen molar-refractivity contribution in [3.05, 3.63) is 35.9 Å². The molecule has 0 amide bonds. The Morgan fingerprint density at radius 3 is 2.47 bits per heavy atom. The average molecular weight is 206 g/mol. The third-order valence-electron chi connectivity index (χ3n) is 2.21. The largest absolute Gasteiger partial charge is 0.497 e. The number of ether oxygens (including phenoxy) is 3. The Morgan fingerprint density at radius 1 is 1.20 bits per heavy atom. The van der Waals surface area contributed by atoms with E-state index in [0.29, 0.717) is 13.2 Å². The summed E-state index contributed by atoms with van der Waals surface area (Å²) in [5, 5.41) is 0.